The van der Waals surface area contributed by atoms with E-state index in [4.69, 9.17) is 17.0 Å². The van der Waals surface area contributed by atoms with Gasteiger partial charge in [0, 0.05) is 12.1 Å². The molecule has 1 amide bonds. The molecule has 0 atom stereocenters. The second kappa shape index (κ2) is 8.67. The van der Waals surface area contributed by atoms with Crippen LogP contribution in [-0.4, -0.2) is 21.7 Å². The molecule has 0 radical (unpaired) electrons. The van der Waals surface area contributed by atoms with Gasteiger partial charge >= 0.3 is 0 Å². The lowest BCUT2D eigenvalue weighted by Crippen LogP contribution is -2.31. The smallest absolute Gasteiger partial charge is 0.266 e. The third-order valence-electron chi connectivity index (χ3n) is 3.91. The molecule has 3 nitrogen and oxygen atoms in total. The zero-order valence-electron chi connectivity index (χ0n) is 15.1. The number of hydrogen-bond donors (Lipinski definition) is 0. The predicted molar refractivity (Wildman–Crippen MR) is 112 cm³/mol. The first-order valence-corrected chi connectivity index (χ1v) is 9.88. The van der Waals surface area contributed by atoms with Crippen molar-refractivity contribution in [2.45, 2.75) is 20.5 Å². The van der Waals surface area contributed by atoms with Crippen molar-refractivity contribution in [3.63, 3.8) is 0 Å². The molecule has 0 saturated carbocycles. The molecule has 1 aliphatic rings. The standard InChI is InChI=1S/C21H20FNO2S2/c1-14(2)12-23-20(24)19(27-21(23)26)11-16-7-3-4-9-18(16)25-13-15-6-5-8-17(22)10-15/h3-11,14H,12-13H2,1-2H3/b19-11-. The molecule has 0 aliphatic carbocycles. The fourth-order valence-electron chi connectivity index (χ4n) is 2.68. The Morgan fingerprint density at radius 3 is 2.74 bits per heavy atom. The van der Waals surface area contributed by atoms with E-state index in [9.17, 15) is 9.18 Å². The van der Waals surface area contributed by atoms with E-state index in [1.165, 1.54) is 23.9 Å². The number of thiocarbonyl (C=S) groups is 1. The molecular weight excluding hydrogens is 381 g/mol. The normalized spacial score (nSPS) is 15.9. The first-order chi connectivity index (χ1) is 12.9. The van der Waals surface area contributed by atoms with Crippen LogP contribution < -0.4 is 4.74 Å². The summed E-state index contributed by atoms with van der Waals surface area (Å²) in [6.07, 6.45) is 1.81. The van der Waals surface area contributed by atoms with Gasteiger partial charge in [0.1, 0.15) is 22.5 Å². The minimum Gasteiger partial charge on any atom is -0.488 e. The van der Waals surface area contributed by atoms with Crippen molar-refractivity contribution < 1.29 is 13.9 Å². The molecule has 3 rings (SSSR count). The summed E-state index contributed by atoms with van der Waals surface area (Å²) in [6.45, 7) is 4.96. The Kier molecular flexibility index (Phi) is 6.29. The summed E-state index contributed by atoms with van der Waals surface area (Å²) in [7, 11) is 0. The van der Waals surface area contributed by atoms with Gasteiger partial charge in [0.15, 0.2) is 0 Å². The summed E-state index contributed by atoms with van der Waals surface area (Å²) in [4.78, 5) is 14.9. The predicted octanol–water partition coefficient (Wildman–Crippen LogP) is 5.26. The number of halogens is 1. The molecule has 0 aromatic heterocycles. The minimum absolute atomic E-state index is 0.0707. The molecule has 2 aromatic rings. The SMILES string of the molecule is CC(C)CN1C(=O)/C(=C/c2ccccc2OCc2cccc(F)c2)SC1=S. The molecule has 140 valence electrons. The van der Waals surface area contributed by atoms with Crippen molar-refractivity contribution in [1.82, 2.24) is 4.90 Å². The van der Waals surface area contributed by atoms with Gasteiger partial charge in [0.25, 0.3) is 5.91 Å². The van der Waals surface area contributed by atoms with Crippen LogP contribution in [0.25, 0.3) is 6.08 Å². The lowest BCUT2D eigenvalue weighted by atomic mass is 10.1. The molecule has 6 heteroatoms. The van der Waals surface area contributed by atoms with Gasteiger partial charge in [0.05, 0.1) is 4.91 Å². The molecule has 1 saturated heterocycles. The highest BCUT2D eigenvalue weighted by atomic mass is 32.2. The largest absolute Gasteiger partial charge is 0.488 e. The summed E-state index contributed by atoms with van der Waals surface area (Å²) in [6, 6.07) is 13.8. The summed E-state index contributed by atoms with van der Waals surface area (Å²) < 4.78 is 19.8. The average Bonchev–Trinajstić information content (AvgIpc) is 2.88. The number of hydrogen-bond acceptors (Lipinski definition) is 4. The van der Waals surface area contributed by atoms with Crippen LogP contribution in [0.2, 0.25) is 0 Å². The Morgan fingerprint density at radius 1 is 1.22 bits per heavy atom. The van der Waals surface area contributed by atoms with Gasteiger partial charge in [-0.3, -0.25) is 9.69 Å². The fourth-order valence-corrected chi connectivity index (χ4v) is 3.95. The number of para-hydroxylation sites is 1. The zero-order chi connectivity index (χ0) is 19.4. The van der Waals surface area contributed by atoms with Crippen LogP contribution in [0.15, 0.2) is 53.4 Å². The maximum atomic E-state index is 13.3. The Hall–Kier alpha value is -2.18. The Balaban J connectivity index is 1.79. The average molecular weight is 402 g/mol. The molecule has 0 unspecified atom stereocenters. The second-order valence-electron chi connectivity index (χ2n) is 6.64. The van der Waals surface area contributed by atoms with Gasteiger partial charge in [-0.25, -0.2) is 4.39 Å². The van der Waals surface area contributed by atoms with Crippen molar-refractivity contribution in [2.24, 2.45) is 5.92 Å². The number of thioether (sulfide) groups is 1. The van der Waals surface area contributed by atoms with Gasteiger partial charge < -0.3 is 4.74 Å². The maximum absolute atomic E-state index is 13.3. The van der Waals surface area contributed by atoms with Crippen molar-refractivity contribution in [2.75, 3.05) is 6.54 Å². The van der Waals surface area contributed by atoms with Crippen LogP contribution in [0.5, 0.6) is 5.75 Å². The molecule has 2 aromatic carbocycles. The van der Waals surface area contributed by atoms with Gasteiger partial charge in [-0.05, 0) is 35.8 Å². The third kappa shape index (κ3) is 4.96. The highest BCUT2D eigenvalue weighted by Gasteiger charge is 2.32. The number of rotatable bonds is 6. The molecule has 0 N–H and O–H groups in total. The van der Waals surface area contributed by atoms with Crippen LogP contribution in [0, 0.1) is 11.7 Å². The van der Waals surface area contributed by atoms with Crippen molar-refractivity contribution in [1.29, 1.82) is 0 Å². The Bertz CT molecular complexity index is 895. The van der Waals surface area contributed by atoms with Crippen LogP contribution in [0.3, 0.4) is 0 Å². The molecule has 27 heavy (non-hydrogen) atoms. The zero-order valence-corrected chi connectivity index (χ0v) is 16.8. The molecule has 1 aliphatic heterocycles. The van der Waals surface area contributed by atoms with Gasteiger partial charge in [-0.2, -0.15) is 0 Å². The Labute approximate surface area is 168 Å². The van der Waals surface area contributed by atoms with E-state index in [1.54, 1.807) is 17.0 Å². The maximum Gasteiger partial charge on any atom is 0.266 e. The number of amides is 1. The quantitative estimate of drug-likeness (QED) is 0.488. The van der Waals surface area contributed by atoms with E-state index < -0.39 is 0 Å². The van der Waals surface area contributed by atoms with Crippen LogP contribution in [0.4, 0.5) is 4.39 Å². The van der Waals surface area contributed by atoms with Crippen LogP contribution >= 0.6 is 24.0 Å². The number of nitrogens with zero attached hydrogens (tertiary/aromatic N) is 1. The lowest BCUT2D eigenvalue weighted by Gasteiger charge is -2.16. The number of carbonyl (C=O) groups is 1. The number of benzene rings is 2. The van der Waals surface area contributed by atoms with Gasteiger partial charge in [-0.1, -0.05) is 68.2 Å². The number of ether oxygens (including phenoxy) is 1. The first kappa shape index (κ1) is 19.6. The second-order valence-corrected chi connectivity index (χ2v) is 8.32. The van der Waals surface area contributed by atoms with E-state index >= 15 is 0 Å². The summed E-state index contributed by atoms with van der Waals surface area (Å²) in [5.41, 5.74) is 1.53. The van der Waals surface area contributed by atoms with Gasteiger partial charge in [0.2, 0.25) is 0 Å². The van der Waals surface area contributed by atoms with E-state index in [0.717, 1.165) is 11.1 Å². The number of carbonyl (C=O) groups excluding carboxylic acids is 1. The lowest BCUT2D eigenvalue weighted by molar-refractivity contribution is -0.122. The third-order valence-corrected chi connectivity index (χ3v) is 5.29. The summed E-state index contributed by atoms with van der Waals surface area (Å²) in [5.74, 6) is 0.612. The molecule has 1 heterocycles. The van der Waals surface area contributed by atoms with E-state index in [1.807, 2.05) is 30.3 Å². The monoisotopic (exact) mass is 401 g/mol. The van der Waals surface area contributed by atoms with Crippen LogP contribution in [0.1, 0.15) is 25.0 Å². The van der Waals surface area contributed by atoms with E-state index in [0.29, 0.717) is 27.4 Å². The minimum atomic E-state index is -0.293. The molecule has 0 spiro atoms. The van der Waals surface area contributed by atoms with Crippen molar-refractivity contribution in [3.05, 3.63) is 70.4 Å². The van der Waals surface area contributed by atoms with E-state index in [-0.39, 0.29) is 18.3 Å². The van der Waals surface area contributed by atoms with Crippen molar-refractivity contribution >= 4 is 40.3 Å². The first-order valence-electron chi connectivity index (χ1n) is 8.65. The topological polar surface area (TPSA) is 29.5 Å². The fraction of sp³-hybridized carbons (Fsp3) is 0.238. The Morgan fingerprint density at radius 2 is 2.00 bits per heavy atom. The molecular formula is C21H20FNO2S2. The highest BCUT2D eigenvalue weighted by molar-refractivity contribution is 8.26. The highest BCUT2D eigenvalue weighted by Crippen LogP contribution is 2.34. The van der Waals surface area contributed by atoms with Crippen molar-refractivity contribution in [3.8, 4) is 5.75 Å². The molecule has 0 bridgehead atoms. The van der Waals surface area contributed by atoms with E-state index in [2.05, 4.69) is 13.8 Å². The summed E-state index contributed by atoms with van der Waals surface area (Å²) in [5, 5.41) is 0. The molecule has 1 fully saturated rings. The summed E-state index contributed by atoms with van der Waals surface area (Å²) >= 11 is 6.66. The van der Waals surface area contributed by atoms with Crippen LogP contribution in [-0.2, 0) is 11.4 Å². The van der Waals surface area contributed by atoms with Gasteiger partial charge in [-0.15, -0.1) is 0 Å².